The van der Waals surface area contributed by atoms with Gasteiger partial charge in [0.05, 0.1) is 4.88 Å². The van der Waals surface area contributed by atoms with Gasteiger partial charge in [0.15, 0.2) is 0 Å². The number of hydrogen-bond donors (Lipinski definition) is 1. The van der Waals surface area contributed by atoms with E-state index in [1.807, 2.05) is 19.4 Å². The highest BCUT2D eigenvalue weighted by atomic mass is 32.1. The molecule has 1 atom stereocenters. The monoisotopic (exact) mass is 221 g/mol. The second-order valence-electron chi connectivity index (χ2n) is 3.54. The summed E-state index contributed by atoms with van der Waals surface area (Å²) < 4.78 is 2.21. The molecule has 0 amide bonds. The van der Waals surface area contributed by atoms with Crippen molar-refractivity contribution < 1.29 is 0 Å². The minimum absolute atomic E-state index is 0.426. The Kier molecular flexibility index (Phi) is 3.18. The third kappa shape index (κ3) is 2.11. The van der Waals surface area contributed by atoms with Crippen LogP contribution in [0.3, 0.4) is 0 Å². The topological polar surface area (TPSA) is 29.9 Å². The fraction of sp³-hybridized carbons (Fsp3) is 0.364. The molecule has 0 aliphatic rings. The third-order valence-electron chi connectivity index (χ3n) is 2.38. The molecule has 15 heavy (non-hydrogen) atoms. The summed E-state index contributed by atoms with van der Waals surface area (Å²) in [6, 6.07) is 4.59. The predicted molar refractivity (Wildman–Crippen MR) is 64.2 cm³/mol. The van der Waals surface area contributed by atoms with Crippen LogP contribution in [0.25, 0.3) is 10.7 Å². The van der Waals surface area contributed by atoms with Gasteiger partial charge >= 0.3 is 0 Å². The van der Waals surface area contributed by atoms with Crippen molar-refractivity contribution in [3.8, 4) is 10.7 Å². The van der Waals surface area contributed by atoms with Crippen LogP contribution in [0.15, 0.2) is 29.9 Å². The molecule has 2 heterocycles. The maximum Gasteiger partial charge on any atom is 0.150 e. The second kappa shape index (κ2) is 4.59. The quantitative estimate of drug-likeness (QED) is 0.859. The summed E-state index contributed by atoms with van der Waals surface area (Å²) in [5.41, 5.74) is 0. The zero-order valence-corrected chi connectivity index (χ0v) is 9.79. The van der Waals surface area contributed by atoms with E-state index in [1.54, 1.807) is 11.3 Å². The summed E-state index contributed by atoms with van der Waals surface area (Å²) in [5, 5.41) is 5.26. The molecule has 2 aromatic heterocycles. The number of rotatable bonds is 4. The van der Waals surface area contributed by atoms with Gasteiger partial charge in [0.25, 0.3) is 0 Å². The van der Waals surface area contributed by atoms with E-state index in [0.717, 1.165) is 12.4 Å². The van der Waals surface area contributed by atoms with Gasteiger partial charge < -0.3 is 9.88 Å². The zero-order chi connectivity index (χ0) is 10.7. The van der Waals surface area contributed by atoms with Gasteiger partial charge in [-0.1, -0.05) is 6.07 Å². The SMILES string of the molecule is CNCC(C)n1ccnc1-c1cccs1. The Labute approximate surface area is 93.8 Å². The van der Waals surface area contributed by atoms with Crippen molar-refractivity contribution >= 4 is 11.3 Å². The van der Waals surface area contributed by atoms with Crippen molar-refractivity contribution in [3.05, 3.63) is 29.9 Å². The molecule has 80 valence electrons. The van der Waals surface area contributed by atoms with Crippen molar-refractivity contribution in [2.24, 2.45) is 0 Å². The maximum atomic E-state index is 4.41. The zero-order valence-electron chi connectivity index (χ0n) is 8.97. The number of aromatic nitrogens is 2. The van der Waals surface area contributed by atoms with Crippen LogP contribution in [0.2, 0.25) is 0 Å². The van der Waals surface area contributed by atoms with Crippen molar-refractivity contribution in [1.82, 2.24) is 14.9 Å². The number of thiophene rings is 1. The van der Waals surface area contributed by atoms with Crippen LogP contribution < -0.4 is 5.32 Å². The lowest BCUT2D eigenvalue weighted by Gasteiger charge is -2.15. The molecule has 3 nitrogen and oxygen atoms in total. The van der Waals surface area contributed by atoms with E-state index < -0.39 is 0 Å². The van der Waals surface area contributed by atoms with Crippen molar-refractivity contribution in [2.75, 3.05) is 13.6 Å². The first kappa shape index (κ1) is 10.4. The van der Waals surface area contributed by atoms with Gasteiger partial charge in [-0.15, -0.1) is 11.3 Å². The lowest BCUT2D eigenvalue weighted by atomic mass is 10.3. The molecule has 2 rings (SSSR count). The second-order valence-corrected chi connectivity index (χ2v) is 4.49. The van der Waals surface area contributed by atoms with Gasteiger partial charge in [-0.2, -0.15) is 0 Å². The van der Waals surface area contributed by atoms with Gasteiger partial charge in [-0.05, 0) is 25.4 Å². The van der Waals surface area contributed by atoms with Gasteiger partial charge in [0.1, 0.15) is 5.82 Å². The first-order valence-electron chi connectivity index (χ1n) is 5.04. The summed E-state index contributed by atoms with van der Waals surface area (Å²) in [6.45, 7) is 3.14. The number of hydrogen-bond acceptors (Lipinski definition) is 3. The van der Waals surface area contributed by atoms with E-state index in [2.05, 4.69) is 39.3 Å². The van der Waals surface area contributed by atoms with Crippen molar-refractivity contribution in [2.45, 2.75) is 13.0 Å². The minimum atomic E-state index is 0.426. The predicted octanol–water partition coefficient (Wildman–Crippen LogP) is 2.39. The average molecular weight is 221 g/mol. The molecule has 0 radical (unpaired) electrons. The van der Waals surface area contributed by atoms with Crippen LogP contribution in [0.4, 0.5) is 0 Å². The van der Waals surface area contributed by atoms with Crippen LogP contribution in [-0.4, -0.2) is 23.1 Å². The lowest BCUT2D eigenvalue weighted by Crippen LogP contribution is -2.19. The van der Waals surface area contributed by atoms with Crippen molar-refractivity contribution in [3.63, 3.8) is 0 Å². The Hall–Kier alpha value is -1.13. The van der Waals surface area contributed by atoms with Gasteiger partial charge in [0, 0.05) is 25.0 Å². The van der Waals surface area contributed by atoms with Gasteiger partial charge in [-0.25, -0.2) is 4.98 Å². The van der Waals surface area contributed by atoms with E-state index in [-0.39, 0.29) is 0 Å². The van der Waals surface area contributed by atoms with E-state index in [4.69, 9.17) is 0 Å². The summed E-state index contributed by atoms with van der Waals surface area (Å²) in [4.78, 5) is 5.63. The Bertz CT molecular complexity index is 405. The van der Waals surface area contributed by atoms with Crippen molar-refractivity contribution in [1.29, 1.82) is 0 Å². The van der Waals surface area contributed by atoms with Crippen LogP contribution in [0, 0.1) is 0 Å². The van der Waals surface area contributed by atoms with Gasteiger partial charge in [-0.3, -0.25) is 0 Å². The normalized spacial score (nSPS) is 12.9. The molecule has 0 saturated carbocycles. The molecule has 0 aromatic carbocycles. The number of nitrogens with one attached hydrogen (secondary N) is 1. The molecule has 0 aliphatic carbocycles. The Balaban J connectivity index is 2.30. The summed E-state index contributed by atoms with van der Waals surface area (Å²) in [5.74, 6) is 1.06. The van der Waals surface area contributed by atoms with Crippen LogP contribution in [0.1, 0.15) is 13.0 Å². The Morgan fingerprint density at radius 3 is 3.13 bits per heavy atom. The number of likely N-dealkylation sites (N-methyl/N-ethyl adjacent to an activating group) is 1. The minimum Gasteiger partial charge on any atom is -0.326 e. The molecule has 0 spiro atoms. The standard InChI is InChI=1S/C11H15N3S/c1-9(8-12-2)14-6-5-13-11(14)10-4-3-7-15-10/h3-7,9,12H,8H2,1-2H3. The number of nitrogens with zero attached hydrogens (tertiary/aromatic N) is 2. The molecular formula is C11H15N3S. The molecule has 0 saturated heterocycles. The Morgan fingerprint density at radius 2 is 2.47 bits per heavy atom. The van der Waals surface area contributed by atoms with Gasteiger partial charge in [0.2, 0.25) is 0 Å². The smallest absolute Gasteiger partial charge is 0.150 e. The first-order chi connectivity index (χ1) is 7.33. The van der Waals surface area contributed by atoms with E-state index >= 15 is 0 Å². The first-order valence-corrected chi connectivity index (χ1v) is 5.92. The highest BCUT2D eigenvalue weighted by Gasteiger charge is 2.11. The highest BCUT2D eigenvalue weighted by Crippen LogP contribution is 2.25. The van der Waals surface area contributed by atoms with E-state index in [1.165, 1.54) is 4.88 Å². The maximum absolute atomic E-state index is 4.41. The lowest BCUT2D eigenvalue weighted by molar-refractivity contribution is 0.523. The molecule has 4 heteroatoms. The van der Waals surface area contributed by atoms with Crippen LogP contribution >= 0.6 is 11.3 Å². The molecule has 0 fully saturated rings. The molecule has 1 N–H and O–H groups in total. The molecular weight excluding hydrogens is 206 g/mol. The molecule has 0 aliphatic heterocycles. The molecule has 1 unspecified atom stereocenters. The highest BCUT2D eigenvalue weighted by molar-refractivity contribution is 7.13. The largest absolute Gasteiger partial charge is 0.326 e. The fourth-order valence-corrected chi connectivity index (χ4v) is 2.38. The summed E-state index contributed by atoms with van der Waals surface area (Å²) in [7, 11) is 1.97. The van der Waals surface area contributed by atoms with E-state index in [9.17, 15) is 0 Å². The van der Waals surface area contributed by atoms with Crippen LogP contribution in [0.5, 0.6) is 0 Å². The van der Waals surface area contributed by atoms with E-state index in [0.29, 0.717) is 6.04 Å². The Morgan fingerprint density at radius 1 is 1.60 bits per heavy atom. The fourth-order valence-electron chi connectivity index (χ4n) is 1.66. The molecule has 0 bridgehead atoms. The third-order valence-corrected chi connectivity index (χ3v) is 3.25. The summed E-state index contributed by atoms with van der Waals surface area (Å²) >= 11 is 1.73. The average Bonchev–Trinajstić information content (AvgIpc) is 2.88. The molecule has 2 aromatic rings. The van der Waals surface area contributed by atoms with Crippen LogP contribution in [-0.2, 0) is 0 Å². The summed E-state index contributed by atoms with van der Waals surface area (Å²) in [6.07, 6.45) is 3.90. The number of imidazole rings is 1.